The summed E-state index contributed by atoms with van der Waals surface area (Å²) >= 11 is 0. The molecular formula is C24H36IN. The molecule has 1 nitrogen and oxygen atoms in total. The van der Waals surface area contributed by atoms with Crippen molar-refractivity contribution in [1.29, 1.82) is 0 Å². The lowest BCUT2D eigenvalue weighted by molar-refractivity contribution is -0.954. The molecular weight excluding hydrogens is 429 g/mol. The Hall–Kier alpha value is -0.870. The molecule has 26 heavy (non-hydrogen) atoms. The summed E-state index contributed by atoms with van der Waals surface area (Å²) in [7, 11) is 0. The van der Waals surface area contributed by atoms with E-state index in [1.54, 1.807) is 0 Å². The number of quaternary nitrogens is 1. The molecule has 0 aliphatic heterocycles. The van der Waals surface area contributed by atoms with Crippen molar-refractivity contribution >= 4 is 0 Å². The minimum absolute atomic E-state index is 0. The monoisotopic (exact) mass is 465 g/mol. The SMILES string of the molecule is CCCCC[N+](CCCCC)(Cc1ccccc1)Cc1ccccc1.[I-]. The summed E-state index contributed by atoms with van der Waals surface area (Å²) in [5, 5.41) is 0. The van der Waals surface area contributed by atoms with Gasteiger partial charge in [-0.15, -0.1) is 0 Å². The first-order chi connectivity index (χ1) is 12.3. The highest BCUT2D eigenvalue weighted by Gasteiger charge is 2.27. The maximum Gasteiger partial charge on any atom is 0.105 e. The van der Waals surface area contributed by atoms with Crippen molar-refractivity contribution in [2.45, 2.75) is 65.5 Å². The summed E-state index contributed by atoms with van der Waals surface area (Å²) < 4.78 is 1.20. The Morgan fingerprint density at radius 2 is 0.962 bits per heavy atom. The second kappa shape index (κ2) is 13.3. The van der Waals surface area contributed by atoms with Crippen molar-refractivity contribution in [3.8, 4) is 0 Å². The van der Waals surface area contributed by atoms with Crippen LogP contribution in [0, 0.1) is 0 Å². The number of benzene rings is 2. The molecule has 0 unspecified atom stereocenters. The molecule has 0 N–H and O–H groups in total. The molecule has 0 fully saturated rings. The van der Waals surface area contributed by atoms with Crippen LogP contribution in [0.5, 0.6) is 0 Å². The van der Waals surface area contributed by atoms with Crippen LogP contribution in [0.4, 0.5) is 0 Å². The minimum Gasteiger partial charge on any atom is -1.00 e. The highest BCUT2D eigenvalue weighted by Crippen LogP contribution is 2.23. The molecule has 2 aromatic carbocycles. The predicted octanol–water partition coefficient (Wildman–Crippen LogP) is 3.59. The quantitative estimate of drug-likeness (QED) is 0.255. The highest BCUT2D eigenvalue weighted by atomic mass is 127. The standard InChI is InChI=1S/C24H36N.HI/c1-3-5-13-19-25(20-14-6-4-2,21-23-15-9-7-10-16-23)22-24-17-11-8-12-18-24;/h7-12,15-18H,3-6,13-14,19-22H2,1-2H3;1H/q+1;/p-1. The fourth-order valence-electron chi connectivity index (χ4n) is 3.82. The summed E-state index contributed by atoms with van der Waals surface area (Å²) in [4.78, 5) is 0. The molecule has 0 saturated heterocycles. The second-order valence-electron chi connectivity index (χ2n) is 7.49. The van der Waals surface area contributed by atoms with Gasteiger partial charge in [0.1, 0.15) is 13.1 Å². The maximum absolute atomic E-state index is 2.31. The van der Waals surface area contributed by atoms with Crippen LogP contribution in [0.15, 0.2) is 60.7 Å². The number of unbranched alkanes of at least 4 members (excludes halogenated alkanes) is 4. The molecule has 0 bridgehead atoms. The van der Waals surface area contributed by atoms with E-state index in [4.69, 9.17) is 0 Å². The molecule has 2 rings (SSSR count). The fraction of sp³-hybridized carbons (Fsp3) is 0.500. The summed E-state index contributed by atoms with van der Waals surface area (Å²) in [6.45, 7) is 9.51. The molecule has 0 saturated carbocycles. The van der Waals surface area contributed by atoms with Gasteiger partial charge in [-0.05, 0) is 25.7 Å². The van der Waals surface area contributed by atoms with Crippen LogP contribution < -0.4 is 24.0 Å². The number of nitrogens with zero attached hydrogens (tertiary/aromatic N) is 1. The van der Waals surface area contributed by atoms with Gasteiger partial charge < -0.3 is 28.5 Å². The zero-order valence-electron chi connectivity index (χ0n) is 16.7. The topological polar surface area (TPSA) is 0 Å². The van der Waals surface area contributed by atoms with Gasteiger partial charge >= 0.3 is 0 Å². The first-order valence-corrected chi connectivity index (χ1v) is 10.2. The van der Waals surface area contributed by atoms with Gasteiger partial charge in [0.25, 0.3) is 0 Å². The molecule has 0 heterocycles. The van der Waals surface area contributed by atoms with Crippen molar-refractivity contribution < 1.29 is 28.5 Å². The Kier molecular flexibility index (Phi) is 11.9. The second-order valence-corrected chi connectivity index (χ2v) is 7.49. The number of rotatable bonds is 12. The van der Waals surface area contributed by atoms with Crippen LogP contribution in [-0.2, 0) is 13.1 Å². The van der Waals surface area contributed by atoms with Crippen molar-refractivity contribution in [2.75, 3.05) is 13.1 Å². The maximum atomic E-state index is 2.31. The number of hydrogen-bond donors (Lipinski definition) is 0. The van der Waals surface area contributed by atoms with Crippen molar-refractivity contribution in [1.82, 2.24) is 0 Å². The molecule has 0 aromatic heterocycles. The molecule has 0 atom stereocenters. The van der Waals surface area contributed by atoms with Crippen LogP contribution in [0.3, 0.4) is 0 Å². The van der Waals surface area contributed by atoms with Crippen LogP contribution in [-0.4, -0.2) is 17.6 Å². The third-order valence-corrected chi connectivity index (χ3v) is 5.19. The summed E-state index contributed by atoms with van der Waals surface area (Å²) in [5.41, 5.74) is 2.96. The van der Waals surface area contributed by atoms with E-state index in [1.165, 1.54) is 67.2 Å². The molecule has 0 spiro atoms. The van der Waals surface area contributed by atoms with E-state index >= 15 is 0 Å². The van der Waals surface area contributed by atoms with Crippen molar-refractivity contribution in [3.05, 3.63) is 71.8 Å². The predicted molar refractivity (Wildman–Crippen MR) is 109 cm³/mol. The van der Waals surface area contributed by atoms with E-state index in [2.05, 4.69) is 74.5 Å². The average Bonchev–Trinajstić information content (AvgIpc) is 2.64. The third kappa shape index (κ3) is 8.22. The lowest BCUT2D eigenvalue weighted by Gasteiger charge is -2.39. The highest BCUT2D eigenvalue weighted by molar-refractivity contribution is 5.15. The number of halogens is 1. The smallest absolute Gasteiger partial charge is 0.105 e. The zero-order chi connectivity index (χ0) is 17.8. The van der Waals surface area contributed by atoms with E-state index in [9.17, 15) is 0 Å². The number of hydrogen-bond acceptors (Lipinski definition) is 0. The van der Waals surface area contributed by atoms with Gasteiger partial charge in [-0.3, -0.25) is 0 Å². The van der Waals surface area contributed by atoms with Crippen molar-refractivity contribution in [2.24, 2.45) is 0 Å². The Balaban J connectivity index is 0.00000338. The normalized spacial score (nSPS) is 11.2. The molecule has 0 aliphatic rings. The van der Waals surface area contributed by atoms with Gasteiger partial charge in [-0.2, -0.15) is 0 Å². The average molecular weight is 465 g/mol. The summed E-state index contributed by atoms with van der Waals surface area (Å²) in [5.74, 6) is 0. The van der Waals surface area contributed by atoms with E-state index in [1.807, 2.05) is 0 Å². The van der Waals surface area contributed by atoms with Gasteiger partial charge in [-0.25, -0.2) is 0 Å². The molecule has 0 aliphatic carbocycles. The van der Waals surface area contributed by atoms with Gasteiger partial charge in [0.05, 0.1) is 13.1 Å². The Morgan fingerprint density at radius 3 is 1.31 bits per heavy atom. The van der Waals surface area contributed by atoms with Crippen LogP contribution in [0.1, 0.15) is 63.5 Å². The Bertz CT molecular complexity index is 514. The largest absolute Gasteiger partial charge is 1.00 e. The van der Waals surface area contributed by atoms with E-state index in [-0.39, 0.29) is 24.0 Å². The van der Waals surface area contributed by atoms with E-state index < -0.39 is 0 Å². The van der Waals surface area contributed by atoms with Crippen LogP contribution in [0.25, 0.3) is 0 Å². The van der Waals surface area contributed by atoms with Gasteiger partial charge in [0.2, 0.25) is 0 Å². The molecule has 0 amide bonds. The van der Waals surface area contributed by atoms with Gasteiger partial charge in [0.15, 0.2) is 0 Å². The van der Waals surface area contributed by atoms with E-state index in [0.717, 1.165) is 13.1 Å². The molecule has 0 radical (unpaired) electrons. The molecule has 144 valence electrons. The van der Waals surface area contributed by atoms with Gasteiger partial charge in [0, 0.05) is 11.1 Å². The van der Waals surface area contributed by atoms with Crippen LogP contribution in [0.2, 0.25) is 0 Å². The zero-order valence-corrected chi connectivity index (χ0v) is 18.8. The molecule has 2 aromatic rings. The first-order valence-electron chi connectivity index (χ1n) is 10.2. The fourth-order valence-corrected chi connectivity index (χ4v) is 3.82. The van der Waals surface area contributed by atoms with Gasteiger partial charge in [-0.1, -0.05) is 87.4 Å². The first kappa shape index (κ1) is 23.2. The Morgan fingerprint density at radius 1 is 0.577 bits per heavy atom. The summed E-state index contributed by atoms with van der Waals surface area (Å²) in [6.07, 6.45) is 7.95. The third-order valence-electron chi connectivity index (χ3n) is 5.19. The minimum atomic E-state index is 0. The Labute approximate surface area is 178 Å². The van der Waals surface area contributed by atoms with Crippen molar-refractivity contribution in [3.63, 3.8) is 0 Å². The lowest BCUT2D eigenvalue weighted by atomic mass is 10.1. The van der Waals surface area contributed by atoms with Crippen LogP contribution >= 0.6 is 0 Å². The lowest BCUT2D eigenvalue weighted by Crippen LogP contribution is -3.00. The molecule has 2 heteroatoms. The summed E-state index contributed by atoms with van der Waals surface area (Å²) in [6, 6.07) is 22.2. The van der Waals surface area contributed by atoms with E-state index in [0.29, 0.717) is 0 Å².